The van der Waals surface area contributed by atoms with Crippen LogP contribution >= 0.6 is 12.6 Å². The fourth-order valence-electron chi connectivity index (χ4n) is 1.17. The van der Waals surface area contributed by atoms with Crippen molar-refractivity contribution in [3.8, 4) is 5.75 Å². The number of methoxy groups -OCH3 is 1. The lowest BCUT2D eigenvalue weighted by Crippen LogP contribution is -1.92. The van der Waals surface area contributed by atoms with E-state index in [1.54, 1.807) is 7.11 Å². The van der Waals surface area contributed by atoms with E-state index in [0.29, 0.717) is 0 Å². The highest BCUT2D eigenvalue weighted by Gasteiger charge is 1.99. The molecule has 0 fully saturated rings. The summed E-state index contributed by atoms with van der Waals surface area (Å²) in [6, 6.07) is 8.08. The normalized spacial score (nSPS) is 9.83. The molecule has 0 atom stereocenters. The van der Waals surface area contributed by atoms with Crippen LogP contribution in [0.25, 0.3) is 0 Å². The highest BCUT2D eigenvalue weighted by atomic mass is 32.1. The van der Waals surface area contributed by atoms with Crippen LogP contribution in [0.3, 0.4) is 0 Å². The predicted octanol–water partition coefficient (Wildman–Crippen LogP) is 2.83. The number of hydrogen-bond acceptors (Lipinski definition) is 1. The fraction of sp³-hybridized carbons (Fsp3) is 0.400. The molecular formula is C10H13OS. The number of hydrogen-bond donors (Lipinski definition) is 0. The van der Waals surface area contributed by atoms with Crippen molar-refractivity contribution in [2.24, 2.45) is 0 Å². The molecule has 1 aromatic carbocycles. The van der Waals surface area contributed by atoms with E-state index in [-0.39, 0.29) is 0 Å². The van der Waals surface area contributed by atoms with Gasteiger partial charge < -0.3 is 4.74 Å². The van der Waals surface area contributed by atoms with Gasteiger partial charge in [0, 0.05) is 5.75 Å². The van der Waals surface area contributed by atoms with Gasteiger partial charge in [-0.15, -0.1) is 0 Å². The Bertz CT molecular complexity index is 235. The second-order valence-electron chi connectivity index (χ2n) is 2.62. The van der Waals surface area contributed by atoms with E-state index in [1.807, 2.05) is 18.2 Å². The van der Waals surface area contributed by atoms with E-state index in [0.717, 1.165) is 24.3 Å². The Labute approximate surface area is 79.2 Å². The minimum Gasteiger partial charge on any atom is -0.496 e. The molecule has 0 heterocycles. The molecule has 1 radical (unpaired) electrons. The molecule has 0 N–H and O–H groups in total. The molecule has 1 nitrogen and oxygen atoms in total. The molecule has 12 heavy (non-hydrogen) atoms. The Morgan fingerprint density at radius 3 is 2.75 bits per heavy atom. The van der Waals surface area contributed by atoms with Crippen molar-refractivity contribution in [2.75, 3.05) is 12.9 Å². The molecular weight excluding hydrogens is 168 g/mol. The van der Waals surface area contributed by atoms with E-state index >= 15 is 0 Å². The molecule has 0 amide bonds. The van der Waals surface area contributed by atoms with Crippen molar-refractivity contribution >= 4 is 12.6 Å². The summed E-state index contributed by atoms with van der Waals surface area (Å²) in [4.78, 5) is 0. The molecule has 2 heteroatoms. The largest absolute Gasteiger partial charge is 0.496 e. The van der Waals surface area contributed by atoms with Crippen molar-refractivity contribution < 1.29 is 4.74 Å². The van der Waals surface area contributed by atoms with Crippen LogP contribution in [0.4, 0.5) is 0 Å². The number of rotatable bonds is 4. The Morgan fingerprint density at radius 1 is 1.33 bits per heavy atom. The molecule has 0 spiro atoms. The van der Waals surface area contributed by atoms with Gasteiger partial charge in [-0.1, -0.05) is 30.8 Å². The molecule has 0 saturated carbocycles. The topological polar surface area (TPSA) is 9.23 Å². The van der Waals surface area contributed by atoms with Gasteiger partial charge in [0.1, 0.15) is 5.75 Å². The van der Waals surface area contributed by atoms with Gasteiger partial charge in [0.2, 0.25) is 0 Å². The zero-order valence-electron chi connectivity index (χ0n) is 7.25. The standard InChI is InChI=1S/C10H13OS/c1-11-10-7-3-2-5-9(10)6-4-8-12/h2-3,5,7H,4,6,8H2,1H3. The molecule has 1 rings (SSSR count). The lowest BCUT2D eigenvalue weighted by molar-refractivity contribution is 0.409. The van der Waals surface area contributed by atoms with Gasteiger partial charge in [-0.25, -0.2) is 0 Å². The molecule has 0 aromatic heterocycles. The SMILES string of the molecule is COc1ccccc1CCC[S]. The zero-order chi connectivity index (χ0) is 8.81. The van der Waals surface area contributed by atoms with Gasteiger partial charge in [0.05, 0.1) is 7.11 Å². The van der Waals surface area contributed by atoms with Crippen LogP contribution in [0.5, 0.6) is 5.75 Å². The highest BCUT2D eigenvalue weighted by Crippen LogP contribution is 2.18. The number of aryl methyl sites for hydroxylation is 1. The zero-order valence-corrected chi connectivity index (χ0v) is 8.06. The van der Waals surface area contributed by atoms with E-state index in [4.69, 9.17) is 17.4 Å². The average Bonchev–Trinajstić information content (AvgIpc) is 2.15. The number of ether oxygens (including phenoxy) is 1. The fourth-order valence-corrected chi connectivity index (χ4v) is 1.32. The lowest BCUT2D eigenvalue weighted by Gasteiger charge is -2.06. The van der Waals surface area contributed by atoms with Crippen LogP contribution < -0.4 is 4.74 Å². The van der Waals surface area contributed by atoms with Crippen LogP contribution in [0.2, 0.25) is 0 Å². The molecule has 0 unspecified atom stereocenters. The summed E-state index contributed by atoms with van der Waals surface area (Å²) in [7, 11) is 1.70. The molecule has 0 aliphatic carbocycles. The van der Waals surface area contributed by atoms with Crippen molar-refractivity contribution in [3.05, 3.63) is 29.8 Å². The Morgan fingerprint density at radius 2 is 2.08 bits per heavy atom. The third kappa shape index (κ3) is 2.45. The second-order valence-corrected chi connectivity index (χ2v) is 3.03. The maximum atomic E-state index is 5.21. The third-order valence-corrected chi connectivity index (χ3v) is 2.07. The van der Waals surface area contributed by atoms with E-state index in [1.165, 1.54) is 5.56 Å². The first kappa shape index (κ1) is 9.46. The Kier molecular flexibility index (Phi) is 4.01. The van der Waals surface area contributed by atoms with Crippen LogP contribution in [-0.2, 0) is 6.42 Å². The monoisotopic (exact) mass is 181 g/mol. The highest BCUT2D eigenvalue weighted by molar-refractivity contribution is 7.80. The number of para-hydroxylation sites is 1. The molecule has 0 aliphatic rings. The first-order chi connectivity index (χ1) is 5.88. The summed E-state index contributed by atoms with van der Waals surface area (Å²) in [5, 5.41) is 0. The van der Waals surface area contributed by atoms with Gasteiger partial charge in [-0.05, 0) is 24.5 Å². The van der Waals surface area contributed by atoms with Crippen molar-refractivity contribution in [1.82, 2.24) is 0 Å². The molecule has 0 bridgehead atoms. The quantitative estimate of drug-likeness (QED) is 0.694. The smallest absolute Gasteiger partial charge is 0.122 e. The molecule has 1 aromatic rings. The first-order valence-corrected chi connectivity index (χ1v) is 4.66. The van der Waals surface area contributed by atoms with Gasteiger partial charge in [-0.2, -0.15) is 0 Å². The summed E-state index contributed by atoms with van der Waals surface area (Å²) in [6.45, 7) is 0. The minimum absolute atomic E-state index is 0.818. The summed E-state index contributed by atoms with van der Waals surface area (Å²) < 4.78 is 5.21. The van der Waals surface area contributed by atoms with Crippen LogP contribution in [0.1, 0.15) is 12.0 Å². The summed E-state index contributed by atoms with van der Waals surface area (Å²) in [5.41, 5.74) is 1.25. The van der Waals surface area contributed by atoms with Gasteiger partial charge in [0.25, 0.3) is 0 Å². The van der Waals surface area contributed by atoms with Gasteiger partial charge in [-0.3, -0.25) is 0 Å². The first-order valence-electron chi connectivity index (χ1n) is 4.08. The van der Waals surface area contributed by atoms with Crippen molar-refractivity contribution in [1.29, 1.82) is 0 Å². The van der Waals surface area contributed by atoms with Crippen molar-refractivity contribution in [2.45, 2.75) is 12.8 Å². The Balaban J connectivity index is 2.68. The predicted molar refractivity (Wildman–Crippen MR) is 53.8 cm³/mol. The lowest BCUT2D eigenvalue weighted by atomic mass is 10.1. The van der Waals surface area contributed by atoms with Crippen LogP contribution in [0, 0.1) is 0 Å². The maximum absolute atomic E-state index is 5.21. The maximum Gasteiger partial charge on any atom is 0.122 e. The van der Waals surface area contributed by atoms with Crippen LogP contribution in [-0.4, -0.2) is 12.9 Å². The molecule has 0 aliphatic heterocycles. The minimum atomic E-state index is 0.818. The molecule has 65 valence electrons. The van der Waals surface area contributed by atoms with Gasteiger partial charge in [0.15, 0.2) is 0 Å². The summed E-state index contributed by atoms with van der Waals surface area (Å²) in [5.74, 6) is 1.79. The Hall–Kier alpha value is -0.630. The number of benzene rings is 1. The summed E-state index contributed by atoms with van der Waals surface area (Å²) in [6.07, 6.45) is 2.07. The summed E-state index contributed by atoms with van der Waals surface area (Å²) >= 11 is 4.89. The second kappa shape index (κ2) is 5.09. The van der Waals surface area contributed by atoms with E-state index in [9.17, 15) is 0 Å². The molecule has 0 saturated heterocycles. The van der Waals surface area contributed by atoms with E-state index < -0.39 is 0 Å². The average molecular weight is 181 g/mol. The third-order valence-electron chi connectivity index (χ3n) is 1.78. The van der Waals surface area contributed by atoms with E-state index in [2.05, 4.69) is 6.07 Å². The van der Waals surface area contributed by atoms with Crippen LogP contribution in [0.15, 0.2) is 24.3 Å². The van der Waals surface area contributed by atoms with Gasteiger partial charge >= 0.3 is 0 Å². The van der Waals surface area contributed by atoms with Crippen molar-refractivity contribution in [3.63, 3.8) is 0 Å².